The minimum Gasteiger partial charge on any atom is -0.480 e. The van der Waals surface area contributed by atoms with Gasteiger partial charge in [-0.2, -0.15) is 0 Å². The van der Waals surface area contributed by atoms with Crippen molar-refractivity contribution >= 4 is 17.6 Å². The van der Waals surface area contributed by atoms with E-state index in [0.29, 0.717) is 11.3 Å². The van der Waals surface area contributed by atoms with Crippen LogP contribution in [-0.2, 0) is 4.79 Å². The highest BCUT2D eigenvalue weighted by Gasteiger charge is 2.07. The standard InChI is InChI=1S/C10H12N2O3/c1-6-2-3-7(4-8(6)11)10(15)12-5-9(13)14/h2-4H,5,11H2,1H3,(H,12,15)(H,13,14). The topological polar surface area (TPSA) is 92.4 Å². The molecule has 0 bridgehead atoms. The Morgan fingerprint density at radius 1 is 1.47 bits per heavy atom. The zero-order valence-corrected chi connectivity index (χ0v) is 8.28. The minimum atomic E-state index is -1.08. The first-order valence-electron chi connectivity index (χ1n) is 4.37. The first-order valence-corrected chi connectivity index (χ1v) is 4.37. The fraction of sp³-hybridized carbons (Fsp3) is 0.200. The number of nitrogen functional groups attached to an aromatic ring is 1. The molecular formula is C10H12N2O3. The molecule has 0 heterocycles. The number of nitrogens with two attached hydrogens (primary N) is 1. The van der Waals surface area contributed by atoms with Gasteiger partial charge in [0.1, 0.15) is 6.54 Å². The predicted octanol–water partition coefficient (Wildman–Crippen LogP) is 0.392. The third kappa shape index (κ3) is 2.98. The Balaban J connectivity index is 2.74. The lowest BCUT2D eigenvalue weighted by atomic mass is 10.1. The van der Waals surface area contributed by atoms with Crippen LogP contribution in [0.5, 0.6) is 0 Å². The largest absolute Gasteiger partial charge is 0.480 e. The van der Waals surface area contributed by atoms with Crippen LogP contribution in [0.1, 0.15) is 15.9 Å². The molecule has 1 aromatic rings. The first-order chi connectivity index (χ1) is 7.00. The molecule has 0 saturated heterocycles. The summed E-state index contributed by atoms with van der Waals surface area (Å²) in [6, 6.07) is 4.83. The third-order valence-electron chi connectivity index (χ3n) is 1.94. The summed E-state index contributed by atoms with van der Waals surface area (Å²) in [6.07, 6.45) is 0. The summed E-state index contributed by atoms with van der Waals surface area (Å²) >= 11 is 0. The molecule has 4 N–H and O–H groups in total. The van der Waals surface area contributed by atoms with E-state index in [1.54, 1.807) is 12.1 Å². The van der Waals surface area contributed by atoms with Gasteiger partial charge < -0.3 is 16.2 Å². The van der Waals surface area contributed by atoms with E-state index in [1.807, 2.05) is 6.92 Å². The number of carboxylic acid groups (broad SMARTS) is 1. The van der Waals surface area contributed by atoms with Crippen LogP contribution in [0.25, 0.3) is 0 Å². The second kappa shape index (κ2) is 4.45. The highest BCUT2D eigenvalue weighted by molar-refractivity contribution is 5.96. The van der Waals surface area contributed by atoms with Crippen molar-refractivity contribution in [3.8, 4) is 0 Å². The highest BCUT2D eigenvalue weighted by atomic mass is 16.4. The zero-order valence-electron chi connectivity index (χ0n) is 8.28. The minimum absolute atomic E-state index is 0.361. The molecule has 0 unspecified atom stereocenters. The quantitative estimate of drug-likeness (QED) is 0.626. The normalized spacial score (nSPS) is 9.67. The van der Waals surface area contributed by atoms with E-state index in [9.17, 15) is 9.59 Å². The van der Waals surface area contributed by atoms with Gasteiger partial charge in [0.05, 0.1) is 0 Å². The fourth-order valence-electron chi connectivity index (χ4n) is 1.04. The monoisotopic (exact) mass is 208 g/mol. The number of amides is 1. The van der Waals surface area contributed by atoms with Crippen molar-refractivity contribution in [2.24, 2.45) is 0 Å². The summed E-state index contributed by atoms with van der Waals surface area (Å²) in [5.41, 5.74) is 7.37. The van der Waals surface area contributed by atoms with Gasteiger partial charge in [-0.3, -0.25) is 9.59 Å². The molecule has 1 aromatic carbocycles. The number of aliphatic carboxylic acids is 1. The lowest BCUT2D eigenvalue weighted by molar-refractivity contribution is -0.135. The van der Waals surface area contributed by atoms with Gasteiger partial charge in [0.15, 0.2) is 0 Å². The van der Waals surface area contributed by atoms with Crippen LogP contribution in [0.15, 0.2) is 18.2 Å². The number of carbonyl (C=O) groups is 2. The van der Waals surface area contributed by atoms with Crippen LogP contribution in [0.4, 0.5) is 5.69 Å². The Bertz CT molecular complexity index is 402. The van der Waals surface area contributed by atoms with Crippen molar-refractivity contribution in [2.75, 3.05) is 12.3 Å². The summed E-state index contributed by atoms with van der Waals surface area (Å²) in [7, 11) is 0. The third-order valence-corrected chi connectivity index (χ3v) is 1.94. The van der Waals surface area contributed by atoms with Crippen LogP contribution in [0.3, 0.4) is 0 Å². The average molecular weight is 208 g/mol. The van der Waals surface area contributed by atoms with Crippen molar-refractivity contribution in [1.82, 2.24) is 5.32 Å². The molecule has 0 atom stereocenters. The molecule has 5 nitrogen and oxygen atoms in total. The van der Waals surface area contributed by atoms with Gasteiger partial charge in [-0.25, -0.2) is 0 Å². The van der Waals surface area contributed by atoms with Crippen molar-refractivity contribution in [3.63, 3.8) is 0 Å². The molecular weight excluding hydrogens is 196 g/mol. The Morgan fingerprint density at radius 3 is 2.67 bits per heavy atom. The number of hydrogen-bond acceptors (Lipinski definition) is 3. The average Bonchev–Trinajstić information content (AvgIpc) is 2.18. The van der Waals surface area contributed by atoms with Crippen molar-refractivity contribution < 1.29 is 14.7 Å². The predicted molar refractivity (Wildman–Crippen MR) is 55.6 cm³/mol. The maximum Gasteiger partial charge on any atom is 0.322 e. The number of carbonyl (C=O) groups excluding carboxylic acids is 1. The number of benzene rings is 1. The Labute approximate surface area is 86.9 Å². The maximum atomic E-state index is 11.4. The molecule has 15 heavy (non-hydrogen) atoms. The molecule has 80 valence electrons. The van der Waals surface area contributed by atoms with Crippen LogP contribution in [0.2, 0.25) is 0 Å². The smallest absolute Gasteiger partial charge is 0.322 e. The number of rotatable bonds is 3. The highest BCUT2D eigenvalue weighted by Crippen LogP contribution is 2.12. The van der Waals surface area contributed by atoms with E-state index in [1.165, 1.54) is 6.07 Å². The second-order valence-electron chi connectivity index (χ2n) is 3.15. The Hall–Kier alpha value is -2.04. The van der Waals surface area contributed by atoms with E-state index in [-0.39, 0.29) is 0 Å². The molecule has 0 aliphatic carbocycles. The molecule has 0 spiro atoms. The number of aryl methyl sites for hydroxylation is 1. The second-order valence-corrected chi connectivity index (χ2v) is 3.15. The molecule has 1 amide bonds. The van der Waals surface area contributed by atoms with Gasteiger partial charge in [-0.15, -0.1) is 0 Å². The first kappa shape index (κ1) is 11.0. The van der Waals surface area contributed by atoms with Crippen molar-refractivity contribution in [3.05, 3.63) is 29.3 Å². The summed E-state index contributed by atoms with van der Waals surface area (Å²) in [5.74, 6) is -1.52. The number of anilines is 1. The van der Waals surface area contributed by atoms with Crippen LogP contribution in [0, 0.1) is 6.92 Å². The van der Waals surface area contributed by atoms with Crippen LogP contribution >= 0.6 is 0 Å². The van der Waals surface area contributed by atoms with E-state index in [2.05, 4.69) is 5.32 Å². The van der Waals surface area contributed by atoms with E-state index in [0.717, 1.165) is 5.56 Å². The van der Waals surface area contributed by atoms with Gasteiger partial charge in [0.25, 0.3) is 5.91 Å². The molecule has 0 saturated carbocycles. The fourth-order valence-corrected chi connectivity index (χ4v) is 1.04. The van der Waals surface area contributed by atoms with Gasteiger partial charge in [-0.05, 0) is 24.6 Å². The zero-order chi connectivity index (χ0) is 11.4. The van der Waals surface area contributed by atoms with Crippen LogP contribution in [-0.4, -0.2) is 23.5 Å². The summed E-state index contributed by atoms with van der Waals surface area (Å²) in [6.45, 7) is 1.43. The summed E-state index contributed by atoms with van der Waals surface area (Å²) < 4.78 is 0. The lowest BCUT2D eigenvalue weighted by Gasteiger charge is -2.04. The number of hydrogen-bond donors (Lipinski definition) is 3. The number of carboxylic acids is 1. The van der Waals surface area contributed by atoms with Gasteiger partial charge in [0, 0.05) is 11.3 Å². The van der Waals surface area contributed by atoms with Gasteiger partial charge in [-0.1, -0.05) is 6.07 Å². The Kier molecular flexibility index (Phi) is 3.28. The van der Waals surface area contributed by atoms with Crippen molar-refractivity contribution in [1.29, 1.82) is 0 Å². The number of nitrogens with one attached hydrogen (secondary N) is 1. The molecule has 0 fully saturated rings. The van der Waals surface area contributed by atoms with Crippen LogP contribution < -0.4 is 11.1 Å². The SMILES string of the molecule is Cc1ccc(C(=O)NCC(=O)O)cc1N. The molecule has 0 aliphatic heterocycles. The van der Waals surface area contributed by atoms with E-state index in [4.69, 9.17) is 10.8 Å². The molecule has 0 aromatic heterocycles. The molecule has 1 rings (SSSR count). The summed E-state index contributed by atoms with van der Waals surface area (Å²) in [4.78, 5) is 21.6. The van der Waals surface area contributed by atoms with E-state index >= 15 is 0 Å². The summed E-state index contributed by atoms with van der Waals surface area (Å²) in [5, 5.41) is 10.6. The molecule has 0 aliphatic rings. The van der Waals surface area contributed by atoms with E-state index < -0.39 is 18.4 Å². The molecule has 5 heteroatoms. The van der Waals surface area contributed by atoms with Gasteiger partial charge in [0.2, 0.25) is 0 Å². The molecule has 0 radical (unpaired) electrons. The van der Waals surface area contributed by atoms with Gasteiger partial charge >= 0.3 is 5.97 Å². The van der Waals surface area contributed by atoms with Crippen molar-refractivity contribution in [2.45, 2.75) is 6.92 Å². The maximum absolute atomic E-state index is 11.4. The Morgan fingerprint density at radius 2 is 2.13 bits per heavy atom. The lowest BCUT2D eigenvalue weighted by Crippen LogP contribution is -2.29.